The van der Waals surface area contributed by atoms with Crippen molar-refractivity contribution in [2.75, 3.05) is 7.05 Å². The highest BCUT2D eigenvalue weighted by Gasteiger charge is 2.49. The molecule has 0 aromatic heterocycles. The Kier molecular flexibility index (Phi) is 4.78. The lowest BCUT2D eigenvalue weighted by Crippen LogP contribution is -2.41. The van der Waals surface area contributed by atoms with Crippen LogP contribution in [0.15, 0.2) is 53.5 Å². The van der Waals surface area contributed by atoms with E-state index in [-0.39, 0.29) is 18.5 Å². The molecule has 2 radical (unpaired) electrons. The highest BCUT2D eigenvalue weighted by Crippen LogP contribution is 2.38. The molecule has 0 aliphatic carbocycles. The SMILES string of the molecule is [B]c1cccc(C2(c3ccc(COC(F)F)cc3)N=C(N)N(C)C2=O)c1. The fourth-order valence-electron chi connectivity index (χ4n) is 2.95. The summed E-state index contributed by atoms with van der Waals surface area (Å²) in [5.41, 5.74) is 6.69. The molecule has 26 heavy (non-hydrogen) atoms. The zero-order valence-electron chi connectivity index (χ0n) is 14.0. The molecule has 1 aliphatic rings. The quantitative estimate of drug-likeness (QED) is 0.821. The minimum absolute atomic E-state index is 0.0857. The average molecular weight is 355 g/mol. The molecular formula is C18H16BF2N3O2. The van der Waals surface area contributed by atoms with Crippen LogP contribution >= 0.6 is 0 Å². The number of benzene rings is 2. The summed E-state index contributed by atoms with van der Waals surface area (Å²) >= 11 is 0. The molecule has 0 fully saturated rings. The summed E-state index contributed by atoms with van der Waals surface area (Å²) in [5.74, 6) is -0.236. The maximum atomic E-state index is 13.0. The predicted molar refractivity (Wildman–Crippen MR) is 94.2 cm³/mol. The first-order valence-corrected chi connectivity index (χ1v) is 7.83. The van der Waals surface area contributed by atoms with Gasteiger partial charge in [-0.25, -0.2) is 4.99 Å². The number of likely N-dealkylation sites (N-methyl/N-ethyl adjacent to an activating group) is 1. The van der Waals surface area contributed by atoms with Crippen molar-refractivity contribution in [3.8, 4) is 0 Å². The summed E-state index contributed by atoms with van der Waals surface area (Å²) in [6.07, 6.45) is 0. The van der Waals surface area contributed by atoms with Gasteiger partial charge in [0, 0.05) is 7.05 Å². The Morgan fingerprint density at radius 2 is 1.92 bits per heavy atom. The van der Waals surface area contributed by atoms with Crippen molar-refractivity contribution in [1.29, 1.82) is 0 Å². The lowest BCUT2D eigenvalue weighted by Gasteiger charge is -2.26. The number of carbonyl (C=O) groups is 1. The van der Waals surface area contributed by atoms with Gasteiger partial charge >= 0.3 is 6.61 Å². The molecule has 2 aromatic carbocycles. The van der Waals surface area contributed by atoms with Crippen molar-refractivity contribution in [2.24, 2.45) is 10.7 Å². The molecule has 2 N–H and O–H groups in total. The molecule has 8 heteroatoms. The normalized spacial score (nSPS) is 19.9. The van der Waals surface area contributed by atoms with Crippen LogP contribution in [0.25, 0.3) is 0 Å². The molecule has 0 saturated carbocycles. The average Bonchev–Trinajstić information content (AvgIpc) is 2.85. The molecule has 1 unspecified atom stereocenters. The van der Waals surface area contributed by atoms with Gasteiger partial charge in [-0.05, 0) is 16.7 Å². The second-order valence-corrected chi connectivity index (χ2v) is 5.94. The van der Waals surface area contributed by atoms with Gasteiger partial charge in [-0.15, -0.1) is 0 Å². The third kappa shape index (κ3) is 3.08. The molecular weight excluding hydrogens is 339 g/mol. The van der Waals surface area contributed by atoms with E-state index >= 15 is 0 Å². The second kappa shape index (κ2) is 6.88. The third-order valence-corrected chi connectivity index (χ3v) is 4.29. The van der Waals surface area contributed by atoms with E-state index < -0.39 is 12.2 Å². The molecule has 0 spiro atoms. The lowest BCUT2D eigenvalue weighted by molar-refractivity contribution is -0.137. The smallest absolute Gasteiger partial charge is 0.345 e. The highest BCUT2D eigenvalue weighted by molar-refractivity contribution is 6.32. The van der Waals surface area contributed by atoms with Gasteiger partial charge in [0.1, 0.15) is 7.85 Å². The maximum absolute atomic E-state index is 13.0. The number of amides is 1. The highest BCUT2D eigenvalue weighted by atomic mass is 19.3. The molecule has 3 rings (SSSR count). The first-order chi connectivity index (χ1) is 12.3. The maximum Gasteiger partial charge on any atom is 0.345 e. The Morgan fingerprint density at radius 1 is 1.23 bits per heavy atom. The zero-order chi connectivity index (χ0) is 18.9. The van der Waals surface area contributed by atoms with Gasteiger partial charge < -0.3 is 10.5 Å². The van der Waals surface area contributed by atoms with Gasteiger partial charge in [0.05, 0.1) is 6.61 Å². The van der Waals surface area contributed by atoms with E-state index in [0.29, 0.717) is 22.2 Å². The van der Waals surface area contributed by atoms with Crippen LogP contribution < -0.4 is 11.2 Å². The number of nitrogens with two attached hydrogens (primary N) is 1. The van der Waals surface area contributed by atoms with E-state index in [4.69, 9.17) is 13.6 Å². The number of hydrogen-bond acceptors (Lipinski definition) is 4. The van der Waals surface area contributed by atoms with Crippen LogP contribution in [0.2, 0.25) is 0 Å². The first kappa shape index (κ1) is 18.1. The summed E-state index contributed by atoms with van der Waals surface area (Å²) in [4.78, 5) is 18.7. The lowest BCUT2D eigenvalue weighted by atomic mass is 9.80. The van der Waals surface area contributed by atoms with Crippen LogP contribution in [-0.4, -0.2) is 38.3 Å². The summed E-state index contributed by atoms with van der Waals surface area (Å²) in [6.45, 7) is -3.08. The fourth-order valence-corrected chi connectivity index (χ4v) is 2.95. The molecule has 0 bridgehead atoms. The van der Waals surface area contributed by atoms with Gasteiger partial charge in [0.15, 0.2) is 11.5 Å². The number of guanidine groups is 1. The summed E-state index contributed by atoms with van der Waals surface area (Å²) in [6, 6.07) is 13.4. The van der Waals surface area contributed by atoms with Crippen molar-refractivity contribution in [2.45, 2.75) is 18.8 Å². The molecule has 1 heterocycles. The predicted octanol–water partition coefficient (Wildman–Crippen LogP) is 1.25. The summed E-state index contributed by atoms with van der Waals surface area (Å²) < 4.78 is 28.7. The number of aliphatic imine (C=N–C) groups is 1. The summed E-state index contributed by atoms with van der Waals surface area (Å²) in [7, 11) is 7.42. The molecule has 132 valence electrons. The van der Waals surface area contributed by atoms with Gasteiger partial charge in [-0.2, -0.15) is 8.78 Å². The second-order valence-electron chi connectivity index (χ2n) is 5.94. The van der Waals surface area contributed by atoms with Gasteiger partial charge in [0.2, 0.25) is 0 Å². The number of carbonyl (C=O) groups excluding carboxylic acids is 1. The van der Waals surface area contributed by atoms with Gasteiger partial charge in [0.25, 0.3) is 5.91 Å². The van der Waals surface area contributed by atoms with E-state index in [1.807, 2.05) is 0 Å². The fraction of sp³-hybridized carbons (Fsp3) is 0.222. The minimum atomic E-state index is -2.84. The Labute approximate surface area is 150 Å². The number of rotatable bonds is 5. The van der Waals surface area contributed by atoms with E-state index in [1.165, 1.54) is 4.90 Å². The molecule has 1 atom stereocenters. The Morgan fingerprint density at radius 3 is 2.46 bits per heavy atom. The standard InChI is InChI=1S/C18H16BF2N3O2/c1-24-15(25)18(23-17(24)22,13-3-2-4-14(19)9-13)12-7-5-11(6-8-12)10-26-16(20)21/h2-9,16H,10H2,1H3,(H2,22,23). The monoisotopic (exact) mass is 355 g/mol. The van der Waals surface area contributed by atoms with Crippen molar-refractivity contribution in [3.63, 3.8) is 0 Å². The van der Waals surface area contributed by atoms with Crippen molar-refractivity contribution in [3.05, 3.63) is 65.2 Å². The van der Waals surface area contributed by atoms with Crippen molar-refractivity contribution in [1.82, 2.24) is 4.90 Å². The Balaban J connectivity index is 2.07. The topological polar surface area (TPSA) is 67.9 Å². The van der Waals surface area contributed by atoms with Crippen LogP contribution in [0, 0.1) is 0 Å². The molecule has 1 amide bonds. The largest absolute Gasteiger partial charge is 0.369 e. The van der Waals surface area contributed by atoms with Crippen LogP contribution in [0.4, 0.5) is 8.78 Å². The summed E-state index contributed by atoms with van der Waals surface area (Å²) in [5, 5.41) is 0. The van der Waals surface area contributed by atoms with E-state index in [9.17, 15) is 13.6 Å². The number of nitrogens with zero attached hydrogens (tertiary/aromatic N) is 2. The molecule has 0 saturated heterocycles. The number of ether oxygens (including phenoxy) is 1. The Hall–Kier alpha value is -2.74. The van der Waals surface area contributed by atoms with Crippen LogP contribution in [0.3, 0.4) is 0 Å². The van der Waals surface area contributed by atoms with Crippen molar-refractivity contribution < 1.29 is 18.3 Å². The zero-order valence-corrected chi connectivity index (χ0v) is 14.0. The van der Waals surface area contributed by atoms with E-state index in [0.717, 1.165) is 0 Å². The molecule has 5 nitrogen and oxygen atoms in total. The van der Waals surface area contributed by atoms with E-state index in [2.05, 4.69) is 9.73 Å². The first-order valence-electron chi connectivity index (χ1n) is 7.83. The van der Waals surface area contributed by atoms with Crippen molar-refractivity contribution >= 4 is 25.2 Å². The molecule has 2 aromatic rings. The van der Waals surface area contributed by atoms with Crippen LogP contribution in [0.1, 0.15) is 16.7 Å². The number of hydrogen-bond donors (Lipinski definition) is 1. The van der Waals surface area contributed by atoms with Gasteiger partial charge in [-0.3, -0.25) is 9.69 Å². The van der Waals surface area contributed by atoms with Gasteiger partial charge in [-0.1, -0.05) is 54.0 Å². The Bertz CT molecular complexity index is 858. The van der Waals surface area contributed by atoms with Crippen LogP contribution in [-0.2, 0) is 21.7 Å². The number of halogens is 2. The molecule has 1 aliphatic heterocycles. The minimum Gasteiger partial charge on any atom is -0.369 e. The van der Waals surface area contributed by atoms with Crippen LogP contribution in [0.5, 0.6) is 0 Å². The van der Waals surface area contributed by atoms with E-state index in [1.54, 1.807) is 55.6 Å². The third-order valence-electron chi connectivity index (χ3n) is 4.29. The number of alkyl halides is 2.